The fraction of sp³-hybridized carbons (Fsp3) is 0.391. The maximum atomic E-state index is 9.11. The van der Waals surface area contributed by atoms with Crippen molar-refractivity contribution in [1.82, 2.24) is 19.9 Å². The number of nitrogens with one attached hydrogen (secondary N) is 1. The fourth-order valence-electron chi connectivity index (χ4n) is 3.92. The van der Waals surface area contributed by atoms with Gasteiger partial charge in [-0.05, 0) is 36.6 Å². The molecule has 0 radical (unpaired) electrons. The van der Waals surface area contributed by atoms with E-state index in [9.17, 15) is 0 Å². The average Bonchev–Trinajstić information content (AvgIpc) is 3.25. The van der Waals surface area contributed by atoms with Crippen LogP contribution in [0.25, 0.3) is 22.6 Å². The number of piperazine rings is 1. The molecular weight excluding hydrogens is 398 g/mol. The van der Waals surface area contributed by atoms with Crippen molar-refractivity contribution in [2.45, 2.75) is 13.3 Å². The van der Waals surface area contributed by atoms with E-state index in [1.807, 2.05) is 42.7 Å². The molecule has 1 aliphatic rings. The molecule has 3 heterocycles. The summed E-state index contributed by atoms with van der Waals surface area (Å²) >= 11 is 6.12. The van der Waals surface area contributed by atoms with Gasteiger partial charge in [0.2, 0.25) is 0 Å². The monoisotopic (exact) mass is 425 g/mol. The summed E-state index contributed by atoms with van der Waals surface area (Å²) < 4.78 is 0. The van der Waals surface area contributed by atoms with Crippen LogP contribution in [0.4, 0.5) is 5.82 Å². The predicted octanol–water partition coefficient (Wildman–Crippen LogP) is 3.93. The van der Waals surface area contributed by atoms with Gasteiger partial charge in [-0.15, -0.1) is 0 Å². The number of halogens is 1. The SMILES string of the molecule is CC(CCO)CN1CCN(c2cc(-c3ncc(-c4cccc(Cl)c4)[nH]3)ccn2)CC1. The Labute approximate surface area is 182 Å². The standard InChI is InChI=1S/C23H28ClN5O/c1-17(6-12-30)16-28-8-10-29(11-9-28)22-14-19(5-7-25-22)23-26-15-21(27-23)18-3-2-4-20(24)13-18/h2-5,7,13-15,17,30H,6,8-12,16H2,1H3,(H,26,27). The van der Waals surface area contributed by atoms with Crippen LogP contribution in [0.2, 0.25) is 5.02 Å². The molecule has 7 heteroatoms. The first-order valence-electron chi connectivity index (χ1n) is 10.5. The van der Waals surface area contributed by atoms with E-state index >= 15 is 0 Å². The molecule has 0 spiro atoms. The van der Waals surface area contributed by atoms with E-state index in [2.05, 4.69) is 37.7 Å². The molecule has 0 aliphatic carbocycles. The van der Waals surface area contributed by atoms with Crippen LogP contribution in [0.15, 0.2) is 48.8 Å². The topological polar surface area (TPSA) is 68.3 Å². The molecule has 1 atom stereocenters. The molecule has 0 bridgehead atoms. The Kier molecular flexibility index (Phi) is 6.67. The number of imidazole rings is 1. The highest BCUT2D eigenvalue weighted by molar-refractivity contribution is 6.30. The van der Waals surface area contributed by atoms with Crippen LogP contribution in [-0.2, 0) is 0 Å². The van der Waals surface area contributed by atoms with Crippen LogP contribution in [-0.4, -0.2) is 64.3 Å². The number of aromatic nitrogens is 3. The number of H-pyrrole nitrogens is 1. The van der Waals surface area contributed by atoms with Crippen LogP contribution in [0.3, 0.4) is 0 Å². The minimum absolute atomic E-state index is 0.268. The van der Waals surface area contributed by atoms with E-state index in [-0.39, 0.29) is 6.61 Å². The van der Waals surface area contributed by atoms with Crippen LogP contribution < -0.4 is 4.90 Å². The smallest absolute Gasteiger partial charge is 0.137 e. The summed E-state index contributed by atoms with van der Waals surface area (Å²) in [6.45, 7) is 7.45. The first kappa shape index (κ1) is 20.8. The molecule has 4 rings (SSSR count). The molecule has 1 fully saturated rings. The Morgan fingerprint density at radius 2 is 1.93 bits per heavy atom. The Balaban J connectivity index is 1.43. The number of rotatable bonds is 7. The number of pyridine rings is 1. The normalized spacial score (nSPS) is 16.0. The molecule has 158 valence electrons. The van der Waals surface area contributed by atoms with Crippen molar-refractivity contribution < 1.29 is 5.11 Å². The van der Waals surface area contributed by atoms with E-state index in [1.54, 1.807) is 0 Å². The van der Waals surface area contributed by atoms with E-state index in [0.717, 1.165) is 67.6 Å². The maximum Gasteiger partial charge on any atom is 0.137 e. The van der Waals surface area contributed by atoms with Gasteiger partial charge in [-0.3, -0.25) is 4.90 Å². The van der Waals surface area contributed by atoms with Gasteiger partial charge in [0.1, 0.15) is 11.6 Å². The van der Waals surface area contributed by atoms with Gasteiger partial charge in [0, 0.05) is 61.7 Å². The summed E-state index contributed by atoms with van der Waals surface area (Å²) in [5, 5.41) is 9.81. The molecule has 1 aliphatic heterocycles. The fourth-order valence-corrected chi connectivity index (χ4v) is 4.11. The quantitative estimate of drug-likeness (QED) is 0.600. The summed E-state index contributed by atoms with van der Waals surface area (Å²) in [4.78, 5) is 17.4. The Bertz CT molecular complexity index is 967. The lowest BCUT2D eigenvalue weighted by Gasteiger charge is -2.36. The number of nitrogens with zero attached hydrogens (tertiary/aromatic N) is 4. The molecule has 30 heavy (non-hydrogen) atoms. The zero-order valence-corrected chi connectivity index (χ0v) is 18.0. The van der Waals surface area contributed by atoms with Gasteiger partial charge >= 0.3 is 0 Å². The summed E-state index contributed by atoms with van der Waals surface area (Å²) in [5.74, 6) is 2.33. The van der Waals surface area contributed by atoms with Gasteiger partial charge in [0.25, 0.3) is 0 Å². The van der Waals surface area contributed by atoms with Crippen molar-refractivity contribution in [3.8, 4) is 22.6 Å². The highest BCUT2D eigenvalue weighted by Crippen LogP contribution is 2.26. The van der Waals surface area contributed by atoms with E-state index < -0.39 is 0 Å². The van der Waals surface area contributed by atoms with Crippen LogP contribution in [0.5, 0.6) is 0 Å². The molecule has 3 aromatic rings. The third-order valence-electron chi connectivity index (χ3n) is 5.62. The van der Waals surface area contributed by atoms with Crippen LogP contribution in [0.1, 0.15) is 13.3 Å². The number of benzene rings is 1. The highest BCUT2D eigenvalue weighted by Gasteiger charge is 2.20. The van der Waals surface area contributed by atoms with Crippen molar-refractivity contribution in [3.05, 3.63) is 53.8 Å². The van der Waals surface area contributed by atoms with Gasteiger partial charge in [0.15, 0.2) is 0 Å². The first-order chi connectivity index (χ1) is 14.6. The molecule has 0 saturated carbocycles. The first-order valence-corrected chi connectivity index (χ1v) is 10.9. The van der Waals surface area contributed by atoms with Gasteiger partial charge in [-0.2, -0.15) is 0 Å². The highest BCUT2D eigenvalue weighted by atomic mass is 35.5. The number of aliphatic hydroxyl groups excluding tert-OH is 1. The Morgan fingerprint density at radius 3 is 2.70 bits per heavy atom. The molecular formula is C23H28ClN5O. The summed E-state index contributed by atoms with van der Waals surface area (Å²) in [6.07, 6.45) is 4.56. The minimum atomic E-state index is 0.268. The molecule has 0 amide bonds. The third kappa shape index (κ3) is 5.01. The third-order valence-corrected chi connectivity index (χ3v) is 5.85. The van der Waals surface area contributed by atoms with Crippen molar-refractivity contribution in [2.24, 2.45) is 5.92 Å². The zero-order chi connectivity index (χ0) is 20.9. The van der Waals surface area contributed by atoms with Crippen molar-refractivity contribution in [1.29, 1.82) is 0 Å². The largest absolute Gasteiger partial charge is 0.396 e. The summed E-state index contributed by atoms with van der Waals surface area (Å²) in [6, 6.07) is 11.8. The molecule has 1 unspecified atom stereocenters. The second kappa shape index (κ2) is 9.60. The second-order valence-corrected chi connectivity index (χ2v) is 8.40. The van der Waals surface area contributed by atoms with Gasteiger partial charge < -0.3 is 15.0 Å². The van der Waals surface area contributed by atoms with Crippen LogP contribution >= 0.6 is 11.6 Å². The number of hydrogen-bond donors (Lipinski definition) is 2. The summed E-state index contributed by atoms with van der Waals surface area (Å²) in [7, 11) is 0. The summed E-state index contributed by atoms with van der Waals surface area (Å²) in [5.41, 5.74) is 2.98. The van der Waals surface area contributed by atoms with E-state index in [0.29, 0.717) is 10.9 Å². The van der Waals surface area contributed by atoms with E-state index in [4.69, 9.17) is 16.7 Å². The molecule has 6 nitrogen and oxygen atoms in total. The lowest BCUT2D eigenvalue weighted by Crippen LogP contribution is -2.47. The van der Waals surface area contributed by atoms with Crippen molar-refractivity contribution >= 4 is 17.4 Å². The number of aromatic amines is 1. The van der Waals surface area contributed by atoms with E-state index in [1.165, 1.54) is 0 Å². The lowest BCUT2D eigenvalue weighted by atomic mass is 10.1. The van der Waals surface area contributed by atoms with Crippen LogP contribution in [0, 0.1) is 5.92 Å². The Morgan fingerprint density at radius 1 is 1.10 bits per heavy atom. The lowest BCUT2D eigenvalue weighted by molar-refractivity contribution is 0.194. The number of aliphatic hydroxyl groups is 1. The predicted molar refractivity (Wildman–Crippen MR) is 122 cm³/mol. The molecule has 1 aromatic carbocycles. The number of anilines is 1. The number of hydrogen-bond acceptors (Lipinski definition) is 5. The maximum absolute atomic E-state index is 9.11. The van der Waals surface area contributed by atoms with Gasteiger partial charge in [-0.25, -0.2) is 9.97 Å². The van der Waals surface area contributed by atoms with Crippen molar-refractivity contribution in [2.75, 3.05) is 44.2 Å². The second-order valence-electron chi connectivity index (χ2n) is 7.96. The Hall–Kier alpha value is -2.41. The van der Waals surface area contributed by atoms with Gasteiger partial charge in [0.05, 0.1) is 11.9 Å². The van der Waals surface area contributed by atoms with Gasteiger partial charge in [-0.1, -0.05) is 30.7 Å². The minimum Gasteiger partial charge on any atom is -0.396 e. The zero-order valence-electron chi connectivity index (χ0n) is 17.3. The average molecular weight is 426 g/mol. The molecule has 1 saturated heterocycles. The molecule has 2 aromatic heterocycles. The van der Waals surface area contributed by atoms with Crippen molar-refractivity contribution in [3.63, 3.8) is 0 Å². The molecule has 2 N–H and O–H groups in total.